The minimum absolute atomic E-state index is 0.151. The van der Waals surface area contributed by atoms with E-state index in [-0.39, 0.29) is 9.80 Å². The van der Waals surface area contributed by atoms with E-state index in [0.29, 0.717) is 22.3 Å². The second-order valence-corrected chi connectivity index (χ2v) is 8.74. The van der Waals surface area contributed by atoms with Gasteiger partial charge in [0.25, 0.3) is 11.1 Å². The van der Waals surface area contributed by atoms with E-state index >= 15 is 0 Å². The first kappa shape index (κ1) is 18.4. The van der Waals surface area contributed by atoms with Gasteiger partial charge in [-0.1, -0.05) is 12.1 Å². The molecule has 2 N–H and O–H groups in total. The van der Waals surface area contributed by atoms with Crippen molar-refractivity contribution >= 4 is 50.0 Å². The zero-order valence-electron chi connectivity index (χ0n) is 14.4. The van der Waals surface area contributed by atoms with Gasteiger partial charge in [-0.05, 0) is 42.6 Å². The van der Waals surface area contributed by atoms with Crippen molar-refractivity contribution in [1.82, 2.24) is 15.0 Å². The second-order valence-electron chi connectivity index (χ2n) is 5.84. The molecule has 0 atom stereocenters. The molecule has 0 saturated carbocycles. The standard InChI is InChI=1S/C18H13N3O5S2/c1-19-28(24,25)13-4-2-10(3-5-13)14-9-20-8-11-6-12(26-16(11)14)7-15-17(22)21-18(23)27-15/h2-9,19H,1H3,(H,21,22,23)/b15-7+. The van der Waals surface area contributed by atoms with Crippen LogP contribution in [-0.2, 0) is 14.8 Å². The summed E-state index contributed by atoms with van der Waals surface area (Å²) in [5.74, 6) is -0.0545. The number of carbonyl (C=O) groups is 2. The summed E-state index contributed by atoms with van der Waals surface area (Å²) in [6.07, 6.45) is 4.74. The third-order valence-electron chi connectivity index (χ3n) is 4.10. The average molecular weight is 415 g/mol. The number of pyridine rings is 1. The summed E-state index contributed by atoms with van der Waals surface area (Å²) in [6.45, 7) is 0. The van der Waals surface area contributed by atoms with E-state index in [9.17, 15) is 18.0 Å². The number of carbonyl (C=O) groups excluding carboxylic acids is 2. The van der Waals surface area contributed by atoms with Crippen LogP contribution in [0.1, 0.15) is 5.76 Å². The first-order chi connectivity index (χ1) is 13.4. The first-order valence-corrected chi connectivity index (χ1v) is 10.3. The van der Waals surface area contributed by atoms with Gasteiger partial charge in [-0.3, -0.25) is 19.9 Å². The number of imide groups is 1. The van der Waals surface area contributed by atoms with Crippen LogP contribution in [0.5, 0.6) is 0 Å². The monoisotopic (exact) mass is 415 g/mol. The van der Waals surface area contributed by atoms with Gasteiger partial charge in [0.05, 0.1) is 9.80 Å². The lowest BCUT2D eigenvalue weighted by atomic mass is 10.1. The Labute approximate surface area is 164 Å². The summed E-state index contributed by atoms with van der Waals surface area (Å²) in [7, 11) is -2.17. The number of benzene rings is 1. The molecule has 1 aromatic carbocycles. The highest BCUT2D eigenvalue weighted by Gasteiger charge is 2.25. The Hall–Kier alpha value is -2.95. The van der Waals surface area contributed by atoms with Gasteiger partial charge in [0.15, 0.2) is 0 Å². The maximum atomic E-state index is 11.9. The van der Waals surface area contributed by atoms with Gasteiger partial charge in [-0.25, -0.2) is 13.1 Å². The molecule has 10 heteroatoms. The molecule has 2 aromatic heterocycles. The van der Waals surface area contributed by atoms with E-state index < -0.39 is 21.2 Å². The van der Waals surface area contributed by atoms with Crippen LogP contribution in [0.3, 0.4) is 0 Å². The van der Waals surface area contributed by atoms with Crippen LogP contribution < -0.4 is 10.0 Å². The Morgan fingerprint density at radius 1 is 1.18 bits per heavy atom. The largest absolute Gasteiger partial charge is 0.456 e. The molecule has 142 valence electrons. The van der Waals surface area contributed by atoms with Gasteiger partial charge in [0, 0.05) is 29.4 Å². The number of thioether (sulfide) groups is 1. The predicted octanol–water partition coefficient (Wildman–Crippen LogP) is 2.73. The fourth-order valence-electron chi connectivity index (χ4n) is 2.74. The molecular formula is C18H13N3O5S2. The third-order valence-corrected chi connectivity index (χ3v) is 6.34. The summed E-state index contributed by atoms with van der Waals surface area (Å²) in [5.41, 5.74) is 1.95. The highest BCUT2D eigenvalue weighted by Crippen LogP contribution is 2.33. The Bertz CT molecular complexity index is 1240. The Kier molecular flexibility index (Phi) is 4.53. The smallest absolute Gasteiger partial charge is 0.290 e. The number of fused-ring (bicyclic) bond motifs is 1. The molecule has 0 bridgehead atoms. The minimum Gasteiger partial charge on any atom is -0.456 e. The second kappa shape index (κ2) is 6.89. The van der Waals surface area contributed by atoms with Crippen LogP contribution in [0.2, 0.25) is 0 Å². The molecule has 3 heterocycles. The van der Waals surface area contributed by atoms with Crippen molar-refractivity contribution in [3.05, 3.63) is 53.4 Å². The van der Waals surface area contributed by atoms with E-state index in [1.165, 1.54) is 25.3 Å². The fourth-order valence-corrected chi connectivity index (χ4v) is 4.13. The lowest BCUT2D eigenvalue weighted by Crippen LogP contribution is -2.18. The number of nitrogens with one attached hydrogen (secondary N) is 2. The number of nitrogens with zero attached hydrogens (tertiary/aromatic N) is 1. The highest BCUT2D eigenvalue weighted by atomic mass is 32.2. The Balaban J connectivity index is 1.75. The Morgan fingerprint density at radius 2 is 1.93 bits per heavy atom. The molecule has 1 aliphatic rings. The molecule has 1 saturated heterocycles. The highest BCUT2D eigenvalue weighted by molar-refractivity contribution is 8.18. The van der Waals surface area contributed by atoms with Crippen LogP contribution in [-0.4, -0.2) is 31.6 Å². The van der Waals surface area contributed by atoms with Crippen LogP contribution >= 0.6 is 11.8 Å². The van der Waals surface area contributed by atoms with E-state index in [4.69, 9.17) is 4.42 Å². The number of rotatable bonds is 4. The number of sulfonamides is 1. The SMILES string of the molecule is CNS(=O)(=O)c1ccc(-c2cncc3cc(/C=C4/SC(=O)NC4=O)oc23)cc1. The molecule has 1 aliphatic heterocycles. The van der Waals surface area contributed by atoms with E-state index in [1.807, 2.05) is 0 Å². The molecule has 0 aliphatic carbocycles. The van der Waals surface area contributed by atoms with Gasteiger partial charge in [0.1, 0.15) is 11.3 Å². The molecule has 0 unspecified atom stereocenters. The first-order valence-electron chi connectivity index (χ1n) is 8.04. The van der Waals surface area contributed by atoms with E-state index in [2.05, 4.69) is 15.0 Å². The van der Waals surface area contributed by atoms with Crippen LogP contribution in [0.25, 0.3) is 28.2 Å². The van der Waals surface area contributed by atoms with Crippen molar-refractivity contribution < 1.29 is 22.4 Å². The number of amides is 2. The summed E-state index contributed by atoms with van der Waals surface area (Å²) in [5, 5.41) is 2.48. The molecule has 1 fully saturated rings. The predicted molar refractivity (Wildman–Crippen MR) is 105 cm³/mol. The van der Waals surface area contributed by atoms with Gasteiger partial charge < -0.3 is 4.42 Å². The zero-order chi connectivity index (χ0) is 19.9. The molecular weight excluding hydrogens is 402 g/mol. The van der Waals surface area contributed by atoms with Crippen molar-refractivity contribution in [1.29, 1.82) is 0 Å². The maximum Gasteiger partial charge on any atom is 0.290 e. The average Bonchev–Trinajstić information content (AvgIpc) is 3.23. The molecule has 0 radical (unpaired) electrons. The van der Waals surface area contributed by atoms with Crippen molar-refractivity contribution in [2.75, 3.05) is 7.05 Å². The van der Waals surface area contributed by atoms with Gasteiger partial charge in [-0.2, -0.15) is 0 Å². The molecule has 4 rings (SSSR count). The maximum absolute atomic E-state index is 11.9. The topological polar surface area (TPSA) is 118 Å². The van der Waals surface area contributed by atoms with Gasteiger partial charge >= 0.3 is 0 Å². The Morgan fingerprint density at radius 3 is 2.57 bits per heavy atom. The molecule has 8 nitrogen and oxygen atoms in total. The number of aromatic nitrogens is 1. The van der Waals surface area contributed by atoms with Crippen LogP contribution in [0.4, 0.5) is 4.79 Å². The van der Waals surface area contributed by atoms with Crippen molar-refractivity contribution in [3.8, 4) is 11.1 Å². The lowest BCUT2D eigenvalue weighted by Gasteiger charge is -2.05. The number of hydrogen-bond acceptors (Lipinski definition) is 7. The number of hydrogen-bond donors (Lipinski definition) is 2. The van der Waals surface area contributed by atoms with Crippen molar-refractivity contribution in [3.63, 3.8) is 0 Å². The fraction of sp³-hybridized carbons (Fsp3) is 0.0556. The van der Waals surface area contributed by atoms with Crippen LogP contribution in [0, 0.1) is 0 Å². The number of furan rings is 1. The van der Waals surface area contributed by atoms with Crippen LogP contribution in [0.15, 0.2) is 56.9 Å². The summed E-state index contributed by atoms with van der Waals surface area (Å²) >= 11 is 0.808. The summed E-state index contributed by atoms with van der Waals surface area (Å²) in [4.78, 5) is 27.6. The normalized spacial score (nSPS) is 16.1. The zero-order valence-corrected chi connectivity index (χ0v) is 16.1. The van der Waals surface area contributed by atoms with E-state index in [1.54, 1.807) is 30.6 Å². The molecule has 0 spiro atoms. The lowest BCUT2D eigenvalue weighted by molar-refractivity contribution is -0.115. The van der Waals surface area contributed by atoms with E-state index in [0.717, 1.165) is 17.3 Å². The minimum atomic E-state index is -3.52. The molecule has 2 amide bonds. The van der Waals surface area contributed by atoms with Gasteiger partial charge in [-0.15, -0.1) is 0 Å². The summed E-state index contributed by atoms with van der Waals surface area (Å²) in [6, 6.07) is 8.05. The molecule has 28 heavy (non-hydrogen) atoms. The molecule has 3 aromatic rings. The van der Waals surface area contributed by atoms with Gasteiger partial charge in [0.2, 0.25) is 10.0 Å². The summed E-state index contributed by atoms with van der Waals surface area (Å²) < 4.78 is 31.9. The third kappa shape index (κ3) is 3.33. The van der Waals surface area contributed by atoms with Crippen molar-refractivity contribution in [2.45, 2.75) is 4.90 Å². The quantitative estimate of drug-likeness (QED) is 0.629. The van der Waals surface area contributed by atoms with Crippen molar-refractivity contribution in [2.24, 2.45) is 0 Å².